The van der Waals surface area contributed by atoms with Gasteiger partial charge in [0.05, 0.1) is 12.7 Å². The third kappa shape index (κ3) is 3.62. The summed E-state index contributed by atoms with van der Waals surface area (Å²) in [6.45, 7) is -0.444. The second-order valence-corrected chi connectivity index (χ2v) is 5.95. The van der Waals surface area contributed by atoms with Crippen molar-refractivity contribution in [2.24, 2.45) is 0 Å². The summed E-state index contributed by atoms with van der Waals surface area (Å²) in [4.78, 5) is 26.9. The number of hydrogen-bond acceptors (Lipinski definition) is 6. The second kappa shape index (κ2) is 7.07. The highest BCUT2D eigenvalue weighted by molar-refractivity contribution is 7.14. The molecule has 0 bridgehead atoms. The number of carbonyl (C=O) groups is 2. The van der Waals surface area contributed by atoms with Crippen LogP contribution in [0.25, 0.3) is 10.9 Å². The number of anilines is 1. The molecule has 2 N–H and O–H groups in total. The van der Waals surface area contributed by atoms with E-state index in [1.165, 1.54) is 11.3 Å². The first-order valence-electron chi connectivity index (χ1n) is 7.22. The van der Waals surface area contributed by atoms with Gasteiger partial charge < -0.3 is 19.8 Å². The maximum atomic E-state index is 12.1. The van der Waals surface area contributed by atoms with E-state index in [4.69, 9.17) is 14.7 Å². The Morgan fingerprint density at radius 1 is 1.32 bits per heavy atom. The number of hydrogen-bond donors (Lipinski definition) is 2. The number of rotatable bonds is 5. The van der Waals surface area contributed by atoms with Crippen molar-refractivity contribution in [3.8, 4) is 11.8 Å². The molecule has 0 spiro atoms. The van der Waals surface area contributed by atoms with E-state index in [2.05, 4.69) is 10.3 Å². The molecule has 3 aromatic rings. The number of methoxy groups -OCH3 is 1. The van der Waals surface area contributed by atoms with Crippen LogP contribution >= 0.6 is 11.3 Å². The van der Waals surface area contributed by atoms with Gasteiger partial charge in [-0.1, -0.05) is 0 Å². The molecule has 0 saturated carbocycles. The molecule has 2 heterocycles. The van der Waals surface area contributed by atoms with Crippen molar-refractivity contribution < 1.29 is 19.1 Å². The van der Waals surface area contributed by atoms with Gasteiger partial charge in [0.1, 0.15) is 22.5 Å². The zero-order chi connectivity index (χ0) is 17.8. The Balaban J connectivity index is 1.62. The first-order valence-corrected chi connectivity index (χ1v) is 8.10. The zero-order valence-electron chi connectivity index (χ0n) is 13.2. The quantitative estimate of drug-likeness (QED) is 0.685. The third-order valence-electron chi connectivity index (χ3n) is 3.42. The average Bonchev–Trinajstić information content (AvgIpc) is 3.24. The monoisotopic (exact) mass is 355 g/mol. The predicted molar refractivity (Wildman–Crippen MR) is 92.8 cm³/mol. The number of thiophene rings is 1. The molecule has 0 radical (unpaired) electrons. The second-order valence-electron chi connectivity index (χ2n) is 5.04. The van der Waals surface area contributed by atoms with E-state index in [0.29, 0.717) is 16.3 Å². The summed E-state index contributed by atoms with van der Waals surface area (Å²) in [7, 11) is 1.56. The van der Waals surface area contributed by atoms with Gasteiger partial charge in [-0.3, -0.25) is 4.79 Å². The fourth-order valence-electron chi connectivity index (χ4n) is 2.21. The normalized spacial score (nSPS) is 10.2. The highest BCUT2D eigenvalue weighted by Gasteiger charge is 2.14. The summed E-state index contributed by atoms with van der Waals surface area (Å²) in [5.41, 5.74) is 1.34. The third-order valence-corrected chi connectivity index (χ3v) is 4.25. The van der Waals surface area contributed by atoms with Crippen LogP contribution in [0.3, 0.4) is 0 Å². The van der Waals surface area contributed by atoms with Crippen LogP contribution in [-0.4, -0.2) is 30.6 Å². The molecule has 1 aromatic carbocycles. The van der Waals surface area contributed by atoms with Gasteiger partial charge in [-0.05, 0) is 29.6 Å². The standard InChI is InChI=1S/C17H13N3O4S/c1-23-12-3-2-10-6-14(19-13(10)7-12)17(22)24-9-15(21)20-16-11(8-18)4-5-25-16/h2-7,19H,9H2,1H3,(H,20,21). The van der Waals surface area contributed by atoms with Gasteiger partial charge in [-0.15, -0.1) is 11.3 Å². The number of esters is 1. The van der Waals surface area contributed by atoms with Crippen LogP contribution in [0.15, 0.2) is 35.7 Å². The van der Waals surface area contributed by atoms with Crippen LogP contribution in [0, 0.1) is 11.3 Å². The average molecular weight is 355 g/mol. The fraction of sp³-hybridized carbons (Fsp3) is 0.118. The molecule has 7 nitrogen and oxygen atoms in total. The summed E-state index contributed by atoms with van der Waals surface area (Å²) < 4.78 is 10.1. The number of nitrogens with one attached hydrogen (secondary N) is 2. The first-order chi connectivity index (χ1) is 12.1. The number of amides is 1. The lowest BCUT2D eigenvalue weighted by Crippen LogP contribution is -2.20. The lowest BCUT2D eigenvalue weighted by molar-refractivity contribution is -0.119. The number of aromatic nitrogens is 1. The van der Waals surface area contributed by atoms with E-state index in [9.17, 15) is 9.59 Å². The van der Waals surface area contributed by atoms with Gasteiger partial charge in [0.15, 0.2) is 6.61 Å². The number of H-pyrrole nitrogens is 1. The van der Waals surface area contributed by atoms with Gasteiger partial charge >= 0.3 is 5.97 Å². The van der Waals surface area contributed by atoms with Crippen LogP contribution in [0.5, 0.6) is 5.75 Å². The predicted octanol–water partition coefficient (Wildman–Crippen LogP) is 2.91. The summed E-state index contributed by atoms with van der Waals surface area (Å²) >= 11 is 1.23. The molecule has 3 rings (SSSR count). The van der Waals surface area contributed by atoms with Crippen molar-refractivity contribution in [1.29, 1.82) is 5.26 Å². The summed E-state index contributed by atoms with van der Waals surface area (Å²) in [6, 6.07) is 10.6. The minimum atomic E-state index is -0.642. The van der Waals surface area contributed by atoms with E-state index in [1.807, 2.05) is 12.1 Å². The SMILES string of the molecule is COc1ccc2cc(C(=O)OCC(=O)Nc3sccc3C#N)[nH]c2c1. The molecule has 0 aliphatic heterocycles. The Morgan fingerprint density at radius 2 is 2.16 bits per heavy atom. The van der Waals surface area contributed by atoms with Crippen LogP contribution < -0.4 is 10.1 Å². The molecule has 0 aliphatic carbocycles. The minimum absolute atomic E-state index is 0.241. The van der Waals surface area contributed by atoms with Crippen molar-refractivity contribution in [2.75, 3.05) is 19.0 Å². The number of aromatic amines is 1. The van der Waals surface area contributed by atoms with Gasteiger partial charge in [-0.25, -0.2) is 4.79 Å². The van der Waals surface area contributed by atoms with E-state index in [-0.39, 0.29) is 5.69 Å². The number of nitriles is 1. The number of ether oxygens (including phenoxy) is 2. The molecule has 25 heavy (non-hydrogen) atoms. The molecular weight excluding hydrogens is 342 g/mol. The molecule has 8 heteroatoms. The Kier molecular flexibility index (Phi) is 4.68. The Labute approximate surface area is 146 Å². The molecule has 2 aromatic heterocycles. The molecular formula is C17H13N3O4S. The first kappa shape index (κ1) is 16.5. The lowest BCUT2D eigenvalue weighted by Gasteiger charge is -2.04. The largest absolute Gasteiger partial charge is 0.497 e. The van der Waals surface area contributed by atoms with Crippen molar-refractivity contribution in [3.05, 3.63) is 47.0 Å². The zero-order valence-corrected chi connectivity index (χ0v) is 14.0. The summed E-state index contributed by atoms with van der Waals surface area (Å²) in [5, 5.41) is 14.4. The Hall–Kier alpha value is -3.31. The smallest absolute Gasteiger partial charge is 0.355 e. The van der Waals surface area contributed by atoms with Crippen molar-refractivity contribution in [2.45, 2.75) is 0 Å². The van der Waals surface area contributed by atoms with Gasteiger partial charge in [-0.2, -0.15) is 5.26 Å². The Morgan fingerprint density at radius 3 is 2.92 bits per heavy atom. The van der Waals surface area contributed by atoms with Crippen LogP contribution in [0.1, 0.15) is 16.1 Å². The summed E-state index contributed by atoms with van der Waals surface area (Å²) in [5.74, 6) is -0.486. The van der Waals surface area contributed by atoms with Gasteiger partial charge in [0, 0.05) is 17.0 Å². The van der Waals surface area contributed by atoms with E-state index < -0.39 is 18.5 Å². The van der Waals surface area contributed by atoms with E-state index in [0.717, 1.165) is 10.9 Å². The van der Waals surface area contributed by atoms with Gasteiger partial charge in [0.25, 0.3) is 5.91 Å². The summed E-state index contributed by atoms with van der Waals surface area (Å²) in [6.07, 6.45) is 0. The number of carbonyl (C=O) groups excluding carboxylic acids is 2. The highest BCUT2D eigenvalue weighted by atomic mass is 32.1. The number of benzene rings is 1. The molecule has 0 saturated heterocycles. The van der Waals surface area contributed by atoms with E-state index in [1.54, 1.807) is 36.8 Å². The maximum Gasteiger partial charge on any atom is 0.355 e. The molecule has 126 valence electrons. The highest BCUT2D eigenvalue weighted by Crippen LogP contribution is 2.23. The molecule has 0 aliphatic rings. The van der Waals surface area contributed by atoms with Crippen molar-refractivity contribution in [3.63, 3.8) is 0 Å². The van der Waals surface area contributed by atoms with Crippen molar-refractivity contribution >= 4 is 39.1 Å². The fourth-order valence-corrected chi connectivity index (χ4v) is 2.96. The molecule has 0 atom stereocenters. The molecule has 0 unspecified atom stereocenters. The topological polar surface area (TPSA) is 104 Å². The van der Waals surface area contributed by atoms with Gasteiger partial charge in [0.2, 0.25) is 0 Å². The molecule has 1 amide bonds. The Bertz CT molecular complexity index is 983. The van der Waals surface area contributed by atoms with Crippen molar-refractivity contribution in [1.82, 2.24) is 4.98 Å². The number of fused-ring (bicyclic) bond motifs is 1. The lowest BCUT2D eigenvalue weighted by atomic mass is 10.2. The molecule has 0 fully saturated rings. The maximum absolute atomic E-state index is 12.1. The number of nitrogens with zero attached hydrogens (tertiary/aromatic N) is 1. The van der Waals surface area contributed by atoms with Crippen LogP contribution in [0.4, 0.5) is 5.00 Å². The van der Waals surface area contributed by atoms with Crippen LogP contribution in [-0.2, 0) is 9.53 Å². The minimum Gasteiger partial charge on any atom is -0.497 e. The van der Waals surface area contributed by atoms with Crippen LogP contribution in [0.2, 0.25) is 0 Å². The van der Waals surface area contributed by atoms with E-state index >= 15 is 0 Å².